The molecular formula is C12H13FN2OS. The van der Waals surface area contributed by atoms with Crippen molar-refractivity contribution < 1.29 is 9.50 Å². The van der Waals surface area contributed by atoms with Gasteiger partial charge in [-0.25, -0.2) is 4.39 Å². The first-order chi connectivity index (χ1) is 8.22. The van der Waals surface area contributed by atoms with E-state index in [1.165, 1.54) is 6.07 Å². The van der Waals surface area contributed by atoms with Gasteiger partial charge < -0.3 is 14.7 Å². The van der Waals surface area contributed by atoms with Crippen LogP contribution in [0.1, 0.15) is 11.3 Å². The molecule has 2 aromatic rings. The minimum atomic E-state index is -0.208. The number of benzene rings is 1. The summed E-state index contributed by atoms with van der Waals surface area (Å²) < 4.78 is 15.7. The number of aromatic amines is 1. The van der Waals surface area contributed by atoms with Crippen LogP contribution < -0.4 is 0 Å². The SMILES string of the molecule is OCc1c[nH]c(=S)n1CCc1ccccc1F. The van der Waals surface area contributed by atoms with Crippen molar-refractivity contribution in [3.63, 3.8) is 0 Å². The van der Waals surface area contributed by atoms with E-state index in [4.69, 9.17) is 17.3 Å². The molecule has 0 aliphatic heterocycles. The summed E-state index contributed by atoms with van der Waals surface area (Å²) in [4.78, 5) is 2.86. The van der Waals surface area contributed by atoms with Crippen molar-refractivity contribution >= 4 is 12.2 Å². The maximum absolute atomic E-state index is 13.4. The van der Waals surface area contributed by atoms with Crippen LogP contribution >= 0.6 is 12.2 Å². The van der Waals surface area contributed by atoms with Crippen LogP contribution in [0.5, 0.6) is 0 Å². The van der Waals surface area contributed by atoms with Gasteiger partial charge in [0, 0.05) is 12.7 Å². The molecule has 0 fully saturated rings. The van der Waals surface area contributed by atoms with Crippen LogP contribution in [-0.2, 0) is 19.6 Å². The molecule has 90 valence electrons. The van der Waals surface area contributed by atoms with Gasteiger partial charge in [0.15, 0.2) is 4.77 Å². The highest BCUT2D eigenvalue weighted by Gasteiger charge is 2.05. The first-order valence-corrected chi connectivity index (χ1v) is 5.74. The molecule has 2 rings (SSSR count). The number of hydrogen-bond donors (Lipinski definition) is 2. The minimum absolute atomic E-state index is 0.0790. The fourth-order valence-corrected chi connectivity index (χ4v) is 2.01. The lowest BCUT2D eigenvalue weighted by Gasteiger charge is -2.07. The standard InChI is InChI=1S/C12H13FN2OS/c13-11-4-2-1-3-9(11)5-6-15-10(8-16)7-14-12(15)17/h1-4,7,16H,5-6,8H2,(H,14,17). The van der Waals surface area contributed by atoms with Crippen LogP contribution in [0.4, 0.5) is 4.39 Å². The normalized spacial score (nSPS) is 10.7. The molecule has 3 nitrogen and oxygen atoms in total. The van der Waals surface area contributed by atoms with Gasteiger partial charge in [-0.3, -0.25) is 0 Å². The van der Waals surface area contributed by atoms with Gasteiger partial charge in [0.05, 0.1) is 12.3 Å². The number of aliphatic hydroxyl groups is 1. The summed E-state index contributed by atoms with van der Waals surface area (Å²) in [5.74, 6) is -0.208. The molecular weight excluding hydrogens is 239 g/mol. The van der Waals surface area contributed by atoms with Gasteiger partial charge in [-0.05, 0) is 30.3 Å². The number of aliphatic hydroxyl groups excluding tert-OH is 1. The maximum atomic E-state index is 13.4. The number of hydrogen-bond acceptors (Lipinski definition) is 2. The van der Waals surface area contributed by atoms with Crippen molar-refractivity contribution in [3.05, 3.63) is 52.3 Å². The summed E-state index contributed by atoms with van der Waals surface area (Å²) >= 11 is 5.09. The van der Waals surface area contributed by atoms with Gasteiger partial charge in [-0.15, -0.1) is 0 Å². The van der Waals surface area contributed by atoms with Crippen molar-refractivity contribution in [2.24, 2.45) is 0 Å². The van der Waals surface area contributed by atoms with Crippen molar-refractivity contribution in [2.75, 3.05) is 0 Å². The molecule has 17 heavy (non-hydrogen) atoms. The monoisotopic (exact) mass is 252 g/mol. The zero-order valence-corrected chi connectivity index (χ0v) is 10.0. The Kier molecular flexibility index (Phi) is 3.71. The van der Waals surface area contributed by atoms with E-state index >= 15 is 0 Å². The van der Waals surface area contributed by atoms with E-state index in [9.17, 15) is 4.39 Å². The van der Waals surface area contributed by atoms with Crippen LogP contribution in [0.2, 0.25) is 0 Å². The highest BCUT2D eigenvalue weighted by Crippen LogP contribution is 2.10. The van der Waals surface area contributed by atoms with E-state index in [1.54, 1.807) is 22.9 Å². The Hall–Kier alpha value is -1.46. The Labute approximate surface area is 104 Å². The summed E-state index contributed by atoms with van der Waals surface area (Å²) in [7, 11) is 0. The van der Waals surface area contributed by atoms with Gasteiger partial charge in [0.25, 0.3) is 0 Å². The van der Waals surface area contributed by atoms with E-state index in [2.05, 4.69) is 4.98 Å². The number of aryl methyl sites for hydroxylation is 1. The number of H-pyrrole nitrogens is 1. The third-order valence-electron chi connectivity index (χ3n) is 2.68. The van der Waals surface area contributed by atoms with Crippen LogP contribution in [0.3, 0.4) is 0 Å². The molecule has 0 unspecified atom stereocenters. The summed E-state index contributed by atoms with van der Waals surface area (Å²) in [6.07, 6.45) is 2.22. The lowest BCUT2D eigenvalue weighted by atomic mass is 10.1. The first kappa shape index (κ1) is 12.0. The van der Waals surface area contributed by atoms with Crippen molar-refractivity contribution in [1.29, 1.82) is 0 Å². The number of nitrogens with one attached hydrogen (secondary N) is 1. The molecule has 0 amide bonds. The summed E-state index contributed by atoms with van der Waals surface area (Å²) in [5.41, 5.74) is 1.37. The van der Waals surface area contributed by atoms with E-state index in [-0.39, 0.29) is 12.4 Å². The molecule has 1 heterocycles. The third kappa shape index (κ3) is 2.62. The molecule has 2 N–H and O–H groups in total. The molecule has 0 radical (unpaired) electrons. The van der Waals surface area contributed by atoms with Crippen molar-refractivity contribution in [1.82, 2.24) is 9.55 Å². The topological polar surface area (TPSA) is 40.9 Å². The second-order valence-corrected chi connectivity index (χ2v) is 4.12. The zero-order valence-electron chi connectivity index (χ0n) is 9.19. The quantitative estimate of drug-likeness (QED) is 0.820. The van der Waals surface area contributed by atoms with Crippen molar-refractivity contribution in [3.8, 4) is 0 Å². The lowest BCUT2D eigenvalue weighted by Crippen LogP contribution is -2.06. The summed E-state index contributed by atoms with van der Waals surface area (Å²) in [6.45, 7) is 0.476. The molecule has 1 aromatic carbocycles. The maximum Gasteiger partial charge on any atom is 0.177 e. The van der Waals surface area contributed by atoms with E-state index < -0.39 is 0 Å². The fourth-order valence-electron chi connectivity index (χ4n) is 1.74. The van der Waals surface area contributed by atoms with Gasteiger partial charge in [-0.2, -0.15) is 0 Å². The third-order valence-corrected chi connectivity index (χ3v) is 3.02. The molecule has 1 aromatic heterocycles. The molecule has 0 spiro atoms. The Morgan fingerprint density at radius 1 is 1.35 bits per heavy atom. The number of imidazole rings is 1. The lowest BCUT2D eigenvalue weighted by molar-refractivity contribution is 0.270. The van der Waals surface area contributed by atoms with Crippen LogP contribution in [-0.4, -0.2) is 14.7 Å². The minimum Gasteiger partial charge on any atom is -0.390 e. The van der Waals surface area contributed by atoms with Gasteiger partial charge in [0.1, 0.15) is 5.82 Å². The summed E-state index contributed by atoms with van der Waals surface area (Å²) in [6, 6.07) is 6.67. The average Bonchev–Trinajstić information content (AvgIpc) is 2.69. The van der Waals surface area contributed by atoms with E-state index in [0.29, 0.717) is 29.0 Å². The second-order valence-electron chi connectivity index (χ2n) is 3.74. The predicted molar refractivity (Wildman–Crippen MR) is 65.6 cm³/mol. The molecule has 0 atom stereocenters. The fraction of sp³-hybridized carbons (Fsp3) is 0.250. The van der Waals surface area contributed by atoms with E-state index in [1.807, 2.05) is 6.07 Å². The Balaban J connectivity index is 2.15. The second kappa shape index (κ2) is 5.25. The Bertz CT molecular complexity index is 562. The van der Waals surface area contributed by atoms with Gasteiger partial charge in [0.2, 0.25) is 0 Å². The van der Waals surface area contributed by atoms with Crippen LogP contribution in [0, 0.1) is 10.6 Å². The Morgan fingerprint density at radius 3 is 2.82 bits per heavy atom. The van der Waals surface area contributed by atoms with Gasteiger partial charge in [-0.1, -0.05) is 18.2 Å². The Morgan fingerprint density at radius 2 is 2.12 bits per heavy atom. The smallest absolute Gasteiger partial charge is 0.177 e. The molecule has 5 heteroatoms. The zero-order chi connectivity index (χ0) is 12.3. The van der Waals surface area contributed by atoms with Crippen molar-refractivity contribution in [2.45, 2.75) is 19.6 Å². The molecule has 0 saturated heterocycles. The van der Waals surface area contributed by atoms with Gasteiger partial charge >= 0.3 is 0 Å². The predicted octanol–water partition coefficient (Wildman–Crippen LogP) is 2.42. The molecule has 0 saturated carbocycles. The molecule has 0 bridgehead atoms. The van der Waals surface area contributed by atoms with E-state index in [0.717, 1.165) is 0 Å². The number of nitrogens with zero attached hydrogens (tertiary/aromatic N) is 1. The molecule has 0 aliphatic rings. The summed E-state index contributed by atoms with van der Waals surface area (Å²) in [5, 5.41) is 9.12. The van der Waals surface area contributed by atoms with Crippen LogP contribution in [0.25, 0.3) is 0 Å². The largest absolute Gasteiger partial charge is 0.390 e. The number of aromatic nitrogens is 2. The highest BCUT2D eigenvalue weighted by molar-refractivity contribution is 7.71. The highest BCUT2D eigenvalue weighted by atomic mass is 32.1. The van der Waals surface area contributed by atoms with Crippen LogP contribution in [0.15, 0.2) is 30.5 Å². The number of rotatable bonds is 4. The first-order valence-electron chi connectivity index (χ1n) is 5.33. The number of halogens is 1. The molecule has 0 aliphatic carbocycles. The average molecular weight is 252 g/mol.